The molecule has 2 aliphatic heterocycles. The van der Waals surface area contributed by atoms with Gasteiger partial charge in [0.15, 0.2) is 5.82 Å². The Morgan fingerprint density at radius 3 is 2.70 bits per heavy atom. The van der Waals surface area contributed by atoms with Crippen LogP contribution in [0.3, 0.4) is 0 Å². The molecule has 0 aliphatic carbocycles. The molecule has 2 fully saturated rings. The van der Waals surface area contributed by atoms with Crippen LogP contribution in [0.25, 0.3) is 11.4 Å². The number of rotatable bonds is 5. The van der Waals surface area contributed by atoms with Crippen molar-refractivity contribution in [3.8, 4) is 11.4 Å². The molecule has 0 bridgehead atoms. The van der Waals surface area contributed by atoms with Gasteiger partial charge in [-0.05, 0) is 12.8 Å². The first-order valence-electron chi connectivity index (χ1n) is 9.46. The van der Waals surface area contributed by atoms with Crippen molar-refractivity contribution in [3.63, 3.8) is 0 Å². The van der Waals surface area contributed by atoms with E-state index >= 15 is 0 Å². The SMILES string of the molecule is O=C(NCC1CCCO1)c1cc(N2CCOCC2)nc(-c2ccccc2)n1. The molecule has 1 atom stereocenters. The lowest BCUT2D eigenvalue weighted by molar-refractivity contribution is 0.0853. The number of hydrogen-bond acceptors (Lipinski definition) is 6. The van der Waals surface area contributed by atoms with E-state index < -0.39 is 0 Å². The van der Waals surface area contributed by atoms with Crippen LogP contribution in [0, 0.1) is 0 Å². The van der Waals surface area contributed by atoms with Crippen molar-refractivity contribution in [2.75, 3.05) is 44.4 Å². The molecule has 7 nitrogen and oxygen atoms in total. The lowest BCUT2D eigenvalue weighted by atomic mass is 10.2. The number of anilines is 1. The summed E-state index contributed by atoms with van der Waals surface area (Å²) in [4.78, 5) is 24.1. The summed E-state index contributed by atoms with van der Waals surface area (Å²) in [6.07, 6.45) is 2.13. The molecule has 0 spiro atoms. The van der Waals surface area contributed by atoms with E-state index in [4.69, 9.17) is 14.5 Å². The molecule has 2 saturated heterocycles. The number of morpholine rings is 1. The number of carbonyl (C=O) groups is 1. The van der Waals surface area contributed by atoms with Crippen molar-refractivity contribution < 1.29 is 14.3 Å². The Hall–Kier alpha value is -2.51. The molecule has 142 valence electrons. The van der Waals surface area contributed by atoms with E-state index in [1.807, 2.05) is 30.3 Å². The van der Waals surface area contributed by atoms with Crippen LogP contribution in [0.2, 0.25) is 0 Å². The van der Waals surface area contributed by atoms with Crippen LogP contribution in [0.1, 0.15) is 23.3 Å². The fraction of sp³-hybridized carbons (Fsp3) is 0.450. The van der Waals surface area contributed by atoms with Crippen molar-refractivity contribution in [2.45, 2.75) is 18.9 Å². The Morgan fingerprint density at radius 2 is 1.96 bits per heavy atom. The van der Waals surface area contributed by atoms with Gasteiger partial charge in [-0.25, -0.2) is 9.97 Å². The first-order chi connectivity index (χ1) is 13.3. The minimum absolute atomic E-state index is 0.100. The predicted octanol–water partition coefficient (Wildman–Crippen LogP) is 1.89. The summed E-state index contributed by atoms with van der Waals surface area (Å²) in [6.45, 7) is 4.10. The van der Waals surface area contributed by atoms with Crippen LogP contribution in [-0.2, 0) is 9.47 Å². The lowest BCUT2D eigenvalue weighted by Crippen LogP contribution is -2.37. The number of nitrogens with zero attached hydrogens (tertiary/aromatic N) is 3. The van der Waals surface area contributed by atoms with E-state index in [0.29, 0.717) is 31.3 Å². The van der Waals surface area contributed by atoms with E-state index in [1.54, 1.807) is 6.07 Å². The van der Waals surface area contributed by atoms with Gasteiger partial charge in [-0.15, -0.1) is 0 Å². The van der Waals surface area contributed by atoms with E-state index in [2.05, 4.69) is 15.2 Å². The molecule has 1 amide bonds. The maximum atomic E-state index is 12.7. The van der Waals surface area contributed by atoms with Crippen LogP contribution in [0.4, 0.5) is 5.82 Å². The number of benzene rings is 1. The summed E-state index contributed by atoms with van der Waals surface area (Å²) < 4.78 is 11.0. The van der Waals surface area contributed by atoms with E-state index in [-0.39, 0.29) is 12.0 Å². The van der Waals surface area contributed by atoms with Crippen molar-refractivity contribution in [1.29, 1.82) is 0 Å². The fourth-order valence-electron chi connectivity index (χ4n) is 3.32. The standard InChI is InChI=1S/C20H24N4O3/c25-20(21-14-16-7-4-10-27-16)17-13-18(24-8-11-26-12-9-24)23-19(22-17)15-5-2-1-3-6-15/h1-3,5-6,13,16H,4,7-12,14H2,(H,21,25). The number of aromatic nitrogens is 2. The van der Waals surface area contributed by atoms with E-state index in [0.717, 1.165) is 43.9 Å². The molecular formula is C20H24N4O3. The second kappa shape index (κ2) is 8.45. The third kappa shape index (κ3) is 4.43. The molecule has 4 rings (SSSR count). The van der Waals surface area contributed by atoms with Crippen LogP contribution >= 0.6 is 0 Å². The third-order valence-corrected chi connectivity index (χ3v) is 4.83. The maximum absolute atomic E-state index is 12.7. The summed E-state index contributed by atoms with van der Waals surface area (Å²) in [5.41, 5.74) is 1.27. The van der Waals surface area contributed by atoms with Gasteiger partial charge in [-0.1, -0.05) is 30.3 Å². The quantitative estimate of drug-likeness (QED) is 0.869. The zero-order valence-corrected chi connectivity index (χ0v) is 15.3. The Morgan fingerprint density at radius 1 is 1.15 bits per heavy atom. The predicted molar refractivity (Wildman–Crippen MR) is 102 cm³/mol. The summed E-state index contributed by atoms with van der Waals surface area (Å²) in [5, 5.41) is 2.95. The minimum atomic E-state index is -0.195. The average molecular weight is 368 g/mol. The Balaban J connectivity index is 1.59. The molecule has 1 N–H and O–H groups in total. The van der Waals surface area contributed by atoms with E-state index in [9.17, 15) is 4.79 Å². The number of ether oxygens (including phenoxy) is 2. The highest BCUT2D eigenvalue weighted by Gasteiger charge is 2.20. The van der Waals surface area contributed by atoms with Gasteiger partial charge in [0.25, 0.3) is 5.91 Å². The largest absolute Gasteiger partial charge is 0.378 e. The molecule has 27 heavy (non-hydrogen) atoms. The van der Waals surface area contributed by atoms with Gasteiger partial charge in [0, 0.05) is 37.9 Å². The van der Waals surface area contributed by atoms with E-state index in [1.165, 1.54) is 0 Å². The first kappa shape index (κ1) is 17.9. The molecule has 3 heterocycles. The smallest absolute Gasteiger partial charge is 0.270 e. The number of hydrogen-bond donors (Lipinski definition) is 1. The molecule has 2 aromatic rings. The van der Waals surface area contributed by atoms with Gasteiger partial charge in [0.1, 0.15) is 11.5 Å². The van der Waals surface area contributed by atoms with Crippen molar-refractivity contribution >= 4 is 11.7 Å². The Bertz CT molecular complexity index is 772. The zero-order chi connectivity index (χ0) is 18.5. The fourth-order valence-corrected chi connectivity index (χ4v) is 3.32. The highest BCUT2D eigenvalue weighted by Crippen LogP contribution is 2.21. The molecule has 1 aromatic heterocycles. The van der Waals surface area contributed by atoms with Gasteiger partial charge in [0.05, 0.1) is 19.3 Å². The number of carbonyl (C=O) groups excluding carboxylic acids is 1. The van der Waals surface area contributed by atoms with Crippen molar-refractivity contribution in [1.82, 2.24) is 15.3 Å². The summed E-state index contributed by atoms with van der Waals surface area (Å²) in [6, 6.07) is 11.5. The zero-order valence-electron chi connectivity index (χ0n) is 15.3. The highest BCUT2D eigenvalue weighted by atomic mass is 16.5. The molecule has 2 aliphatic rings. The van der Waals surface area contributed by atoms with Crippen LogP contribution in [-0.4, -0.2) is 61.4 Å². The van der Waals surface area contributed by atoms with Crippen LogP contribution in [0.5, 0.6) is 0 Å². The number of amides is 1. The van der Waals surface area contributed by atoms with Crippen molar-refractivity contribution in [2.24, 2.45) is 0 Å². The lowest BCUT2D eigenvalue weighted by Gasteiger charge is -2.28. The van der Waals surface area contributed by atoms with Gasteiger partial charge < -0.3 is 19.7 Å². The third-order valence-electron chi connectivity index (χ3n) is 4.83. The van der Waals surface area contributed by atoms with Gasteiger partial charge in [0.2, 0.25) is 0 Å². The monoisotopic (exact) mass is 368 g/mol. The number of nitrogens with one attached hydrogen (secondary N) is 1. The summed E-state index contributed by atoms with van der Waals surface area (Å²) in [7, 11) is 0. The second-order valence-corrected chi connectivity index (χ2v) is 6.75. The molecule has 1 unspecified atom stereocenters. The first-order valence-corrected chi connectivity index (χ1v) is 9.46. The Kier molecular flexibility index (Phi) is 5.60. The second-order valence-electron chi connectivity index (χ2n) is 6.75. The molecule has 0 radical (unpaired) electrons. The van der Waals surface area contributed by atoms with Crippen LogP contribution in [0.15, 0.2) is 36.4 Å². The normalized spacial score (nSPS) is 19.9. The summed E-state index contributed by atoms with van der Waals surface area (Å²) in [5.74, 6) is 1.12. The molecule has 1 aromatic carbocycles. The van der Waals surface area contributed by atoms with Crippen LogP contribution < -0.4 is 10.2 Å². The van der Waals surface area contributed by atoms with Gasteiger partial charge in [-0.3, -0.25) is 4.79 Å². The van der Waals surface area contributed by atoms with Gasteiger partial charge >= 0.3 is 0 Å². The molecule has 0 saturated carbocycles. The highest BCUT2D eigenvalue weighted by molar-refractivity contribution is 5.93. The summed E-state index contributed by atoms with van der Waals surface area (Å²) >= 11 is 0. The minimum Gasteiger partial charge on any atom is -0.378 e. The van der Waals surface area contributed by atoms with Crippen molar-refractivity contribution in [3.05, 3.63) is 42.1 Å². The maximum Gasteiger partial charge on any atom is 0.270 e. The van der Waals surface area contributed by atoms with Gasteiger partial charge in [-0.2, -0.15) is 0 Å². The average Bonchev–Trinajstić information content (AvgIpc) is 3.27. The Labute approximate surface area is 158 Å². The molecular weight excluding hydrogens is 344 g/mol. The molecule has 7 heteroatoms. The topological polar surface area (TPSA) is 76.6 Å².